The van der Waals surface area contributed by atoms with E-state index in [1.54, 1.807) is 17.8 Å². The minimum atomic E-state index is -0.325. The second-order valence-corrected chi connectivity index (χ2v) is 4.48. The summed E-state index contributed by atoms with van der Waals surface area (Å²) < 4.78 is 1.61. The van der Waals surface area contributed by atoms with Crippen molar-refractivity contribution in [3.8, 4) is 11.3 Å². The highest BCUT2D eigenvalue weighted by atomic mass is 16.2. The average molecular weight is 282 g/mol. The monoisotopic (exact) mass is 282 g/mol. The van der Waals surface area contributed by atoms with Crippen molar-refractivity contribution < 1.29 is 4.79 Å². The summed E-state index contributed by atoms with van der Waals surface area (Å²) in [6, 6.07) is 10.9. The number of nitrogens with zero attached hydrogens (tertiary/aromatic N) is 3. The molecule has 7 heteroatoms. The van der Waals surface area contributed by atoms with Crippen LogP contribution < -0.4 is 16.4 Å². The summed E-state index contributed by atoms with van der Waals surface area (Å²) in [6.45, 7) is 0. The first kappa shape index (κ1) is 12.9. The van der Waals surface area contributed by atoms with Gasteiger partial charge in [-0.25, -0.2) is 14.3 Å². The van der Waals surface area contributed by atoms with Crippen LogP contribution in [0.25, 0.3) is 16.9 Å². The zero-order chi connectivity index (χ0) is 14.8. The summed E-state index contributed by atoms with van der Waals surface area (Å²) in [6.07, 6.45) is 1.65. The highest BCUT2D eigenvalue weighted by Gasteiger charge is 2.07. The van der Waals surface area contributed by atoms with E-state index in [0.717, 1.165) is 11.3 Å². The number of benzene rings is 1. The van der Waals surface area contributed by atoms with Crippen molar-refractivity contribution in [2.24, 2.45) is 0 Å². The molecule has 2 heterocycles. The molecule has 3 rings (SSSR count). The molecule has 4 N–H and O–H groups in total. The second-order valence-electron chi connectivity index (χ2n) is 4.48. The number of aromatic nitrogens is 3. The molecule has 0 atom stereocenters. The van der Waals surface area contributed by atoms with Crippen molar-refractivity contribution in [1.29, 1.82) is 0 Å². The molecule has 0 saturated carbocycles. The molecule has 0 aliphatic carbocycles. The number of carbonyl (C=O) groups is 1. The molecular weight excluding hydrogens is 268 g/mol. The van der Waals surface area contributed by atoms with Crippen LogP contribution in [-0.4, -0.2) is 27.7 Å². The number of imidazole rings is 1. The Kier molecular flexibility index (Phi) is 3.15. The van der Waals surface area contributed by atoms with Crippen molar-refractivity contribution in [3.05, 3.63) is 42.6 Å². The lowest BCUT2D eigenvalue weighted by atomic mass is 10.1. The van der Waals surface area contributed by atoms with Crippen LogP contribution in [0.3, 0.4) is 0 Å². The van der Waals surface area contributed by atoms with E-state index in [1.165, 1.54) is 0 Å². The molecule has 0 radical (unpaired) electrons. The van der Waals surface area contributed by atoms with Crippen molar-refractivity contribution in [2.45, 2.75) is 0 Å². The molecule has 106 valence electrons. The number of nitrogens with one attached hydrogen (secondary N) is 2. The van der Waals surface area contributed by atoms with Crippen molar-refractivity contribution in [3.63, 3.8) is 0 Å². The Labute approximate surface area is 120 Å². The molecule has 0 aliphatic rings. The first-order valence-corrected chi connectivity index (χ1v) is 6.37. The Morgan fingerprint density at radius 3 is 2.90 bits per heavy atom. The molecule has 1 aromatic carbocycles. The van der Waals surface area contributed by atoms with E-state index in [0.29, 0.717) is 17.2 Å². The number of rotatable bonds is 2. The number of nitrogens with two attached hydrogens (primary N) is 1. The highest BCUT2D eigenvalue weighted by molar-refractivity contribution is 5.88. The van der Waals surface area contributed by atoms with E-state index in [1.807, 2.05) is 36.4 Å². The fourth-order valence-electron chi connectivity index (χ4n) is 1.97. The van der Waals surface area contributed by atoms with Gasteiger partial charge in [0.1, 0.15) is 0 Å². The SMILES string of the molecule is CNC(=O)Nc1cn2nc(-c3cccc(N)c3)ccc2n1. The predicted molar refractivity (Wildman–Crippen MR) is 80.9 cm³/mol. The summed E-state index contributed by atoms with van der Waals surface area (Å²) in [5.41, 5.74) is 8.81. The lowest BCUT2D eigenvalue weighted by Gasteiger charge is -2.02. The lowest BCUT2D eigenvalue weighted by molar-refractivity contribution is 0.254. The zero-order valence-electron chi connectivity index (χ0n) is 11.4. The van der Waals surface area contributed by atoms with Crippen molar-refractivity contribution in [1.82, 2.24) is 19.9 Å². The minimum Gasteiger partial charge on any atom is -0.399 e. The van der Waals surface area contributed by atoms with Crippen LogP contribution in [0.5, 0.6) is 0 Å². The maximum Gasteiger partial charge on any atom is 0.320 e. The van der Waals surface area contributed by atoms with E-state index in [-0.39, 0.29) is 6.03 Å². The van der Waals surface area contributed by atoms with Crippen LogP contribution in [0, 0.1) is 0 Å². The Hall–Kier alpha value is -3.09. The van der Waals surface area contributed by atoms with Gasteiger partial charge >= 0.3 is 6.03 Å². The summed E-state index contributed by atoms with van der Waals surface area (Å²) in [7, 11) is 1.54. The lowest BCUT2D eigenvalue weighted by Crippen LogP contribution is -2.24. The largest absolute Gasteiger partial charge is 0.399 e. The molecule has 2 aromatic heterocycles. The fourth-order valence-corrected chi connectivity index (χ4v) is 1.97. The Morgan fingerprint density at radius 2 is 2.14 bits per heavy atom. The molecule has 0 bridgehead atoms. The number of urea groups is 1. The smallest absolute Gasteiger partial charge is 0.320 e. The zero-order valence-corrected chi connectivity index (χ0v) is 11.4. The summed E-state index contributed by atoms with van der Waals surface area (Å²) in [4.78, 5) is 15.5. The third-order valence-electron chi connectivity index (χ3n) is 2.97. The maximum atomic E-state index is 11.3. The maximum absolute atomic E-state index is 11.3. The van der Waals surface area contributed by atoms with Gasteiger partial charge in [-0.15, -0.1) is 0 Å². The average Bonchev–Trinajstić information content (AvgIpc) is 2.88. The molecule has 7 nitrogen and oxygen atoms in total. The molecule has 2 amide bonds. The number of anilines is 2. The van der Waals surface area contributed by atoms with Gasteiger partial charge in [0.25, 0.3) is 0 Å². The van der Waals surface area contributed by atoms with E-state index in [4.69, 9.17) is 5.73 Å². The molecule has 0 unspecified atom stereocenters. The van der Waals surface area contributed by atoms with E-state index >= 15 is 0 Å². The number of hydrogen-bond donors (Lipinski definition) is 3. The Morgan fingerprint density at radius 1 is 1.29 bits per heavy atom. The number of amides is 2. The number of carbonyl (C=O) groups excluding carboxylic acids is 1. The molecule has 0 saturated heterocycles. The van der Waals surface area contributed by atoms with Crippen molar-refractivity contribution >= 4 is 23.2 Å². The predicted octanol–water partition coefficient (Wildman–Crippen LogP) is 1.73. The Bertz CT molecular complexity index is 810. The van der Waals surface area contributed by atoms with Gasteiger partial charge in [0.15, 0.2) is 11.5 Å². The van der Waals surface area contributed by atoms with Gasteiger partial charge in [0, 0.05) is 18.3 Å². The molecule has 21 heavy (non-hydrogen) atoms. The molecular formula is C14H14N6O. The molecule has 0 spiro atoms. The van der Waals surface area contributed by atoms with Gasteiger partial charge in [-0.3, -0.25) is 5.32 Å². The van der Waals surface area contributed by atoms with Crippen LogP contribution >= 0.6 is 0 Å². The van der Waals surface area contributed by atoms with E-state index in [9.17, 15) is 4.79 Å². The molecule has 3 aromatic rings. The summed E-state index contributed by atoms with van der Waals surface area (Å²) in [5, 5.41) is 9.54. The topological polar surface area (TPSA) is 97.3 Å². The van der Waals surface area contributed by atoms with Crippen LogP contribution in [0.2, 0.25) is 0 Å². The number of fused-ring (bicyclic) bond motifs is 1. The molecule has 0 fully saturated rings. The number of hydrogen-bond acceptors (Lipinski definition) is 4. The van der Waals surface area contributed by atoms with Crippen LogP contribution in [-0.2, 0) is 0 Å². The van der Waals surface area contributed by atoms with Crippen LogP contribution in [0.1, 0.15) is 0 Å². The third-order valence-corrected chi connectivity index (χ3v) is 2.97. The van der Waals surface area contributed by atoms with Gasteiger partial charge in [0.05, 0.1) is 11.9 Å². The van der Waals surface area contributed by atoms with E-state index in [2.05, 4.69) is 20.7 Å². The van der Waals surface area contributed by atoms with Crippen LogP contribution in [0.4, 0.5) is 16.3 Å². The van der Waals surface area contributed by atoms with Gasteiger partial charge < -0.3 is 11.1 Å². The standard InChI is InChI=1S/C14H14N6O/c1-16-14(21)18-12-8-20-13(17-12)6-5-11(19-20)9-3-2-4-10(15)7-9/h2-8H,15H2,1H3,(H2,16,18,21). The number of nitrogen functional groups attached to an aromatic ring is 1. The van der Waals surface area contributed by atoms with Crippen molar-refractivity contribution in [2.75, 3.05) is 18.1 Å². The van der Waals surface area contributed by atoms with Crippen LogP contribution in [0.15, 0.2) is 42.6 Å². The molecule has 0 aliphatic heterocycles. The van der Waals surface area contributed by atoms with E-state index < -0.39 is 0 Å². The second kappa shape index (κ2) is 5.12. The first-order chi connectivity index (χ1) is 10.2. The van der Waals surface area contributed by atoms with Gasteiger partial charge in [-0.05, 0) is 24.3 Å². The fraction of sp³-hybridized carbons (Fsp3) is 0.0714. The summed E-state index contributed by atoms with van der Waals surface area (Å²) >= 11 is 0. The normalized spacial score (nSPS) is 10.5. The van der Waals surface area contributed by atoms with Gasteiger partial charge in [-0.1, -0.05) is 12.1 Å². The van der Waals surface area contributed by atoms with Gasteiger partial charge in [0.2, 0.25) is 0 Å². The van der Waals surface area contributed by atoms with Gasteiger partial charge in [-0.2, -0.15) is 5.10 Å². The third kappa shape index (κ3) is 2.62. The quantitative estimate of drug-likeness (QED) is 0.623. The summed E-state index contributed by atoms with van der Waals surface area (Å²) in [5.74, 6) is 0.437. The first-order valence-electron chi connectivity index (χ1n) is 6.37. The Balaban J connectivity index is 1.98. The highest BCUT2D eigenvalue weighted by Crippen LogP contribution is 2.20. The minimum absolute atomic E-state index is 0.325.